The molecule has 0 saturated carbocycles. The Kier molecular flexibility index (Phi) is 2.90. The molecule has 0 amide bonds. The van der Waals surface area contributed by atoms with Crippen LogP contribution >= 0.6 is 22.6 Å². The van der Waals surface area contributed by atoms with Gasteiger partial charge in [0.2, 0.25) is 0 Å². The number of allylic oxidation sites excluding steroid dienone is 1. The van der Waals surface area contributed by atoms with Gasteiger partial charge in [-0.1, -0.05) is 6.08 Å². The molecule has 0 atom stereocenters. The molecule has 2 aromatic heterocycles. The van der Waals surface area contributed by atoms with Crippen LogP contribution in [0.5, 0.6) is 0 Å². The van der Waals surface area contributed by atoms with Crippen LogP contribution in [0.4, 0.5) is 5.82 Å². The van der Waals surface area contributed by atoms with Crippen molar-refractivity contribution < 1.29 is 0 Å². The second-order valence-electron chi connectivity index (χ2n) is 3.19. The number of aromatic nitrogens is 3. The van der Waals surface area contributed by atoms with E-state index in [9.17, 15) is 0 Å². The molecule has 78 valence electrons. The van der Waals surface area contributed by atoms with E-state index in [4.69, 9.17) is 5.73 Å². The summed E-state index contributed by atoms with van der Waals surface area (Å²) in [4.78, 5) is 8.22. The largest absolute Gasteiger partial charge is 0.383 e. The van der Waals surface area contributed by atoms with Crippen molar-refractivity contribution in [1.29, 1.82) is 0 Å². The number of rotatable bonds is 3. The molecule has 0 aliphatic heterocycles. The summed E-state index contributed by atoms with van der Waals surface area (Å²) >= 11 is 2.28. The van der Waals surface area contributed by atoms with E-state index in [1.807, 2.05) is 12.1 Å². The van der Waals surface area contributed by atoms with Gasteiger partial charge < -0.3 is 10.3 Å². The number of nitrogens with zero attached hydrogens (tertiary/aromatic N) is 3. The Labute approximate surface area is 101 Å². The number of anilines is 1. The molecule has 15 heavy (non-hydrogen) atoms. The molecule has 2 rings (SSSR count). The van der Waals surface area contributed by atoms with E-state index in [0.717, 1.165) is 27.7 Å². The molecule has 2 aromatic rings. The third-order valence-electron chi connectivity index (χ3n) is 2.23. The maximum atomic E-state index is 5.78. The smallest absolute Gasteiger partial charge is 0.146 e. The molecule has 0 saturated heterocycles. The van der Waals surface area contributed by atoms with Crippen LogP contribution < -0.4 is 5.73 Å². The average Bonchev–Trinajstić information content (AvgIpc) is 2.54. The molecular formula is C10H11IN4. The summed E-state index contributed by atoms with van der Waals surface area (Å²) in [6.45, 7) is 4.59. The van der Waals surface area contributed by atoms with Crippen LogP contribution in [-0.2, 0) is 6.54 Å². The van der Waals surface area contributed by atoms with E-state index in [-0.39, 0.29) is 0 Å². The van der Waals surface area contributed by atoms with E-state index >= 15 is 0 Å². The molecule has 0 fully saturated rings. The molecule has 0 aliphatic carbocycles. The fourth-order valence-corrected chi connectivity index (χ4v) is 2.27. The Hall–Kier alpha value is -1.11. The van der Waals surface area contributed by atoms with Crippen LogP contribution in [0.15, 0.2) is 25.0 Å². The molecule has 5 heteroatoms. The highest BCUT2D eigenvalue weighted by atomic mass is 127. The van der Waals surface area contributed by atoms with Gasteiger partial charge in [0, 0.05) is 6.54 Å². The molecule has 0 aliphatic rings. The standard InChI is InChI=1S/C10H11IN4/c1-2-3-4-15-8(11)5-7-9(12)13-6-14-10(7)15/h2,5-6H,1,3-4H2,(H2,12,13,14). The quantitative estimate of drug-likeness (QED) is 0.698. The zero-order chi connectivity index (χ0) is 10.8. The van der Waals surface area contributed by atoms with Crippen LogP contribution in [0.2, 0.25) is 0 Å². The third-order valence-corrected chi connectivity index (χ3v) is 3.12. The van der Waals surface area contributed by atoms with Gasteiger partial charge in [0.05, 0.1) is 9.09 Å². The van der Waals surface area contributed by atoms with Crippen molar-refractivity contribution in [3.8, 4) is 0 Å². The van der Waals surface area contributed by atoms with E-state index in [2.05, 4.69) is 43.7 Å². The molecule has 0 aromatic carbocycles. The van der Waals surface area contributed by atoms with Crippen molar-refractivity contribution >= 4 is 39.4 Å². The molecule has 2 N–H and O–H groups in total. The van der Waals surface area contributed by atoms with Crippen LogP contribution in [-0.4, -0.2) is 14.5 Å². The molecule has 0 bridgehead atoms. The highest BCUT2D eigenvalue weighted by Gasteiger charge is 2.09. The Morgan fingerprint density at radius 3 is 3.07 bits per heavy atom. The van der Waals surface area contributed by atoms with Gasteiger partial charge in [-0.25, -0.2) is 9.97 Å². The van der Waals surface area contributed by atoms with Gasteiger partial charge in [0.25, 0.3) is 0 Å². The number of nitrogens with two attached hydrogens (primary N) is 1. The van der Waals surface area contributed by atoms with E-state index in [0.29, 0.717) is 5.82 Å². The first-order valence-electron chi connectivity index (χ1n) is 4.60. The monoisotopic (exact) mass is 314 g/mol. The normalized spacial score (nSPS) is 10.7. The highest BCUT2D eigenvalue weighted by Crippen LogP contribution is 2.23. The Bertz CT molecular complexity index is 503. The maximum Gasteiger partial charge on any atom is 0.146 e. The van der Waals surface area contributed by atoms with Gasteiger partial charge in [-0.15, -0.1) is 6.58 Å². The molecule has 4 nitrogen and oxygen atoms in total. The number of fused-ring (bicyclic) bond motifs is 1. The molecular weight excluding hydrogens is 303 g/mol. The minimum atomic E-state index is 0.537. The van der Waals surface area contributed by atoms with Gasteiger partial charge in [-0.3, -0.25) is 0 Å². The second kappa shape index (κ2) is 4.18. The predicted molar refractivity (Wildman–Crippen MR) is 69.5 cm³/mol. The van der Waals surface area contributed by atoms with Crippen LogP contribution in [0.25, 0.3) is 11.0 Å². The first-order chi connectivity index (χ1) is 7.24. The number of hydrogen-bond acceptors (Lipinski definition) is 3. The lowest BCUT2D eigenvalue weighted by atomic mass is 10.4. The van der Waals surface area contributed by atoms with Crippen molar-refractivity contribution in [3.63, 3.8) is 0 Å². The lowest BCUT2D eigenvalue weighted by Gasteiger charge is -2.03. The lowest BCUT2D eigenvalue weighted by molar-refractivity contribution is 0.715. The summed E-state index contributed by atoms with van der Waals surface area (Å²) in [6, 6.07) is 2.01. The summed E-state index contributed by atoms with van der Waals surface area (Å²) in [5, 5.41) is 0.922. The predicted octanol–water partition coefficient (Wildman–Crippen LogP) is 2.19. The maximum absolute atomic E-state index is 5.78. The van der Waals surface area contributed by atoms with Crippen molar-refractivity contribution in [2.45, 2.75) is 13.0 Å². The molecule has 0 spiro atoms. The van der Waals surface area contributed by atoms with E-state index in [1.165, 1.54) is 6.33 Å². The van der Waals surface area contributed by atoms with Gasteiger partial charge in [-0.05, 0) is 35.1 Å². The summed E-state index contributed by atoms with van der Waals surface area (Å²) in [7, 11) is 0. The van der Waals surface area contributed by atoms with Gasteiger partial charge >= 0.3 is 0 Å². The summed E-state index contributed by atoms with van der Waals surface area (Å²) in [5.74, 6) is 0.537. The highest BCUT2D eigenvalue weighted by molar-refractivity contribution is 14.1. The number of aryl methyl sites for hydroxylation is 1. The minimum absolute atomic E-state index is 0.537. The third kappa shape index (κ3) is 1.83. The first kappa shape index (κ1) is 10.4. The van der Waals surface area contributed by atoms with Crippen LogP contribution in [0, 0.1) is 3.70 Å². The first-order valence-corrected chi connectivity index (χ1v) is 5.68. The Balaban J connectivity index is 2.57. The molecule has 0 unspecified atom stereocenters. The molecule has 2 heterocycles. The SMILES string of the molecule is C=CCCn1c(I)cc2c(N)ncnc21. The van der Waals surface area contributed by atoms with Crippen molar-refractivity contribution in [3.05, 3.63) is 28.7 Å². The Morgan fingerprint density at radius 2 is 2.33 bits per heavy atom. The van der Waals surface area contributed by atoms with Gasteiger partial charge in [0.1, 0.15) is 17.8 Å². The van der Waals surface area contributed by atoms with Crippen molar-refractivity contribution in [2.75, 3.05) is 5.73 Å². The van der Waals surface area contributed by atoms with Gasteiger partial charge in [0.15, 0.2) is 0 Å². The fourth-order valence-electron chi connectivity index (χ4n) is 1.48. The van der Waals surface area contributed by atoms with E-state index < -0.39 is 0 Å². The number of halogens is 1. The zero-order valence-corrected chi connectivity index (χ0v) is 10.3. The summed E-state index contributed by atoms with van der Waals surface area (Å²) in [5.41, 5.74) is 6.68. The number of hydrogen-bond donors (Lipinski definition) is 1. The topological polar surface area (TPSA) is 56.7 Å². The lowest BCUT2D eigenvalue weighted by Crippen LogP contribution is -2.01. The van der Waals surface area contributed by atoms with Crippen molar-refractivity contribution in [1.82, 2.24) is 14.5 Å². The molecule has 0 radical (unpaired) electrons. The van der Waals surface area contributed by atoms with Crippen LogP contribution in [0.1, 0.15) is 6.42 Å². The van der Waals surface area contributed by atoms with Crippen molar-refractivity contribution in [2.24, 2.45) is 0 Å². The van der Waals surface area contributed by atoms with Gasteiger partial charge in [-0.2, -0.15) is 0 Å². The Morgan fingerprint density at radius 1 is 1.53 bits per heavy atom. The summed E-state index contributed by atoms with van der Waals surface area (Å²) < 4.78 is 3.24. The fraction of sp³-hybridized carbons (Fsp3) is 0.200. The van der Waals surface area contributed by atoms with E-state index in [1.54, 1.807) is 0 Å². The average molecular weight is 314 g/mol. The minimum Gasteiger partial charge on any atom is -0.383 e. The number of nitrogen functional groups attached to an aromatic ring is 1. The summed E-state index contributed by atoms with van der Waals surface area (Å²) in [6.07, 6.45) is 4.31. The van der Waals surface area contributed by atoms with Crippen LogP contribution in [0.3, 0.4) is 0 Å². The second-order valence-corrected chi connectivity index (χ2v) is 4.30. The zero-order valence-electron chi connectivity index (χ0n) is 8.15.